The number of benzene rings is 2. The molecule has 3 aromatic rings. The average Bonchev–Trinajstić information content (AvgIpc) is 3.29. The summed E-state index contributed by atoms with van der Waals surface area (Å²) in [4.78, 5) is 15.2. The second kappa shape index (κ2) is 9.37. The number of rotatable bonds is 7. The highest BCUT2D eigenvalue weighted by atomic mass is 35.5. The van der Waals surface area contributed by atoms with Gasteiger partial charge in [0.15, 0.2) is 0 Å². The number of aryl methyl sites for hydroxylation is 2. The molecule has 2 N–H and O–H groups in total. The summed E-state index contributed by atoms with van der Waals surface area (Å²) in [6, 6.07) is 8.76. The summed E-state index contributed by atoms with van der Waals surface area (Å²) in [7, 11) is 0. The molecule has 1 aromatic heterocycles. The molecule has 1 aliphatic rings. The number of aromatic amines is 1. The van der Waals surface area contributed by atoms with Gasteiger partial charge < -0.3 is 14.7 Å². The number of H-pyrrole nitrogens is 1. The van der Waals surface area contributed by atoms with Crippen LogP contribution in [0.4, 0.5) is 0 Å². The fourth-order valence-corrected chi connectivity index (χ4v) is 4.66. The van der Waals surface area contributed by atoms with Crippen LogP contribution in [0.15, 0.2) is 30.3 Å². The third kappa shape index (κ3) is 4.47. The summed E-state index contributed by atoms with van der Waals surface area (Å²) in [6.45, 7) is 8.83. The monoisotopic (exact) mass is 487 g/mol. The van der Waals surface area contributed by atoms with Crippen molar-refractivity contribution >= 4 is 29.1 Å². The van der Waals surface area contributed by atoms with Crippen LogP contribution in [-0.2, 0) is 4.74 Å². The first-order valence-electron chi connectivity index (χ1n) is 11.0. The van der Waals surface area contributed by atoms with Crippen LogP contribution in [0.5, 0.6) is 5.75 Å². The molecule has 0 spiro atoms. The molecule has 33 heavy (non-hydrogen) atoms. The van der Waals surface area contributed by atoms with Gasteiger partial charge >= 0.3 is 0 Å². The van der Waals surface area contributed by atoms with E-state index in [-0.39, 0.29) is 17.8 Å². The number of nitrogens with one attached hydrogen (secondary N) is 1. The number of hydrogen-bond acceptors (Lipinski definition) is 4. The number of carbonyl (C=O) groups is 1. The van der Waals surface area contributed by atoms with E-state index in [9.17, 15) is 9.90 Å². The highest BCUT2D eigenvalue weighted by Gasteiger charge is 2.42. The fraction of sp³-hybridized carbons (Fsp3) is 0.360. The van der Waals surface area contributed by atoms with Gasteiger partial charge in [-0.25, -0.2) is 0 Å². The topological polar surface area (TPSA) is 78.5 Å². The van der Waals surface area contributed by atoms with Gasteiger partial charge in [-0.2, -0.15) is 5.10 Å². The average molecular weight is 488 g/mol. The van der Waals surface area contributed by atoms with Crippen molar-refractivity contribution < 1.29 is 14.6 Å². The lowest BCUT2D eigenvalue weighted by Crippen LogP contribution is -2.31. The third-order valence-corrected chi connectivity index (χ3v) is 6.56. The third-order valence-electron chi connectivity index (χ3n) is 5.82. The summed E-state index contributed by atoms with van der Waals surface area (Å²) in [5.41, 5.74) is 4.86. The van der Waals surface area contributed by atoms with Gasteiger partial charge in [-0.05, 0) is 69.0 Å². The number of phenolic OH excluding ortho intramolecular Hbond substituents is 1. The standard InChI is InChI=1S/C25H27Cl2N3O3/c1-13(2)33-9-5-8-30-23(16-6-7-18(26)19(27)12-16)20-21(28-29-22(20)25(30)32)17-11-14(3)10-15(4)24(17)31/h6-7,10-13,23,31H,5,8-9H2,1-4H3,(H,28,29). The molecule has 0 fully saturated rings. The number of ether oxygens (including phenoxy) is 1. The Morgan fingerprint density at radius 3 is 2.64 bits per heavy atom. The molecule has 1 unspecified atom stereocenters. The lowest BCUT2D eigenvalue weighted by Gasteiger charge is -2.27. The molecule has 4 rings (SSSR count). The zero-order chi connectivity index (χ0) is 23.9. The summed E-state index contributed by atoms with van der Waals surface area (Å²) in [5.74, 6) is 0.00672. The van der Waals surface area contributed by atoms with Gasteiger partial charge in [0.2, 0.25) is 0 Å². The molecule has 0 saturated heterocycles. The van der Waals surface area contributed by atoms with Crippen molar-refractivity contribution in [3.8, 4) is 17.0 Å². The van der Waals surface area contributed by atoms with Crippen molar-refractivity contribution in [2.24, 2.45) is 0 Å². The van der Waals surface area contributed by atoms with E-state index in [1.54, 1.807) is 17.0 Å². The van der Waals surface area contributed by atoms with Gasteiger partial charge in [0.05, 0.1) is 22.2 Å². The quantitative estimate of drug-likeness (QED) is 0.396. The summed E-state index contributed by atoms with van der Waals surface area (Å²) in [6.07, 6.45) is 0.810. The van der Waals surface area contributed by atoms with Gasteiger partial charge in [-0.15, -0.1) is 0 Å². The second-order valence-electron chi connectivity index (χ2n) is 8.69. The van der Waals surface area contributed by atoms with Gasteiger partial charge in [0.25, 0.3) is 5.91 Å². The zero-order valence-electron chi connectivity index (χ0n) is 19.1. The molecule has 0 saturated carbocycles. The molecule has 8 heteroatoms. The van der Waals surface area contributed by atoms with Crippen LogP contribution >= 0.6 is 23.2 Å². The number of hydrogen-bond donors (Lipinski definition) is 2. The number of nitrogens with zero attached hydrogens (tertiary/aromatic N) is 2. The molecule has 1 aliphatic heterocycles. The van der Waals surface area contributed by atoms with Crippen LogP contribution in [0, 0.1) is 13.8 Å². The Kier molecular flexibility index (Phi) is 6.71. The Morgan fingerprint density at radius 2 is 1.94 bits per heavy atom. The Morgan fingerprint density at radius 1 is 1.18 bits per heavy atom. The van der Waals surface area contributed by atoms with E-state index >= 15 is 0 Å². The molecule has 1 atom stereocenters. The lowest BCUT2D eigenvalue weighted by molar-refractivity contribution is 0.0601. The van der Waals surface area contributed by atoms with Crippen molar-refractivity contribution in [1.29, 1.82) is 0 Å². The fourth-order valence-electron chi connectivity index (χ4n) is 4.36. The molecule has 0 radical (unpaired) electrons. The van der Waals surface area contributed by atoms with Crippen molar-refractivity contribution in [2.75, 3.05) is 13.2 Å². The SMILES string of the molecule is Cc1cc(C)c(O)c(-c2n[nH]c3c2C(c2ccc(Cl)c(Cl)c2)N(CCCOC(C)C)C3=O)c1. The van der Waals surface area contributed by atoms with Crippen LogP contribution < -0.4 is 0 Å². The van der Waals surface area contributed by atoms with E-state index in [1.165, 1.54) is 0 Å². The largest absolute Gasteiger partial charge is 0.507 e. The van der Waals surface area contributed by atoms with Gasteiger partial charge in [-0.3, -0.25) is 9.89 Å². The highest BCUT2D eigenvalue weighted by Crippen LogP contribution is 2.46. The van der Waals surface area contributed by atoms with Crippen LogP contribution in [0.25, 0.3) is 11.3 Å². The van der Waals surface area contributed by atoms with E-state index in [1.807, 2.05) is 45.9 Å². The van der Waals surface area contributed by atoms with Gasteiger partial charge in [-0.1, -0.05) is 35.3 Å². The Labute approximate surface area is 203 Å². The molecule has 1 amide bonds. The number of aromatic nitrogens is 2. The first kappa shape index (κ1) is 23.6. The number of carbonyl (C=O) groups excluding carboxylic acids is 1. The normalized spacial score (nSPS) is 15.5. The molecular weight excluding hydrogens is 461 g/mol. The minimum atomic E-state index is -0.421. The summed E-state index contributed by atoms with van der Waals surface area (Å²) < 4.78 is 5.68. The maximum atomic E-state index is 13.4. The number of halogens is 2. The predicted molar refractivity (Wildman–Crippen MR) is 130 cm³/mol. The number of fused-ring (bicyclic) bond motifs is 1. The van der Waals surface area contributed by atoms with Crippen LogP contribution in [0.1, 0.15) is 59.1 Å². The molecule has 0 bridgehead atoms. The second-order valence-corrected chi connectivity index (χ2v) is 9.50. The molecule has 6 nitrogen and oxygen atoms in total. The van der Waals surface area contributed by atoms with Gasteiger partial charge in [0.1, 0.15) is 17.1 Å². The first-order chi connectivity index (χ1) is 15.7. The minimum absolute atomic E-state index is 0.126. The van der Waals surface area contributed by atoms with Crippen molar-refractivity contribution in [2.45, 2.75) is 46.3 Å². The van der Waals surface area contributed by atoms with Gasteiger partial charge in [0, 0.05) is 24.3 Å². The summed E-state index contributed by atoms with van der Waals surface area (Å²) >= 11 is 12.5. The molecular formula is C25H27Cl2N3O3. The Balaban J connectivity index is 1.81. The number of amides is 1. The minimum Gasteiger partial charge on any atom is -0.507 e. The van der Waals surface area contributed by atoms with Crippen LogP contribution in [0.3, 0.4) is 0 Å². The van der Waals surface area contributed by atoms with E-state index in [0.717, 1.165) is 22.3 Å². The van der Waals surface area contributed by atoms with Crippen molar-refractivity contribution in [3.05, 3.63) is 68.3 Å². The predicted octanol–water partition coefficient (Wildman–Crippen LogP) is 6.07. The summed E-state index contributed by atoms with van der Waals surface area (Å²) in [5, 5.41) is 19.0. The molecule has 2 aromatic carbocycles. The van der Waals surface area contributed by atoms with Crippen LogP contribution in [-0.4, -0.2) is 45.4 Å². The smallest absolute Gasteiger partial charge is 0.273 e. The van der Waals surface area contributed by atoms with E-state index in [4.69, 9.17) is 27.9 Å². The maximum Gasteiger partial charge on any atom is 0.273 e. The molecule has 174 valence electrons. The highest BCUT2D eigenvalue weighted by molar-refractivity contribution is 6.42. The first-order valence-corrected chi connectivity index (χ1v) is 11.7. The van der Waals surface area contributed by atoms with Crippen LogP contribution in [0.2, 0.25) is 10.0 Å². The van der Waals surface area contributed by atoms with E-state index < -0.39 is 6.04 Å². The molecule has 2 heterocycles. The number of phenols is 1. The zero-order valence-corrected chi connectivity index (χ0v) is 20.6. The maximum absolute atomic E-state index is 13.4. The Bertz CT molecular complexity index is 1210. The molecule has 0 aliphatic carbocycles. The van der Waals surface area contributed by atoms with E-state index in [0.29, 0.717) is 46.6 Å². The van der Waals surface area contributed by atoms with E-state index in [2.05, 4.69) is 10.2 Å². The van der Waals surface area contributed by atoms with Crippen molar-refractivity contribution in [3.63, 3.8) is 0 Å². The van der Waals surface area contributed by atoms with Crippen molar-refractivity contribution in [1.82, 2.24) is 15.1 Å². The Hall–Kier alpha value is -2.54. The number of aromatic hydroxyl groups is 1. The lowest BCUT2D eigenvalue weighted by atomic mass is 9.94.